The fraction of sp³-hybridized carbons (Fsp3) is 0.0769. The summed E-state index contributed by atoms with van der Waals surface area (Å²) in [4.78, 5) is 0. The molecular formula is C13H9BrF3N. The summed E-state index contributed by atoms with van der Waals surface area (Å²) in [5, 5.41) is 2.89. The SMILES string of the molecule is Fc1ccc(NCc2ccc(Br)c(F)c2)cc1F. The van der Waals surface area contributed by atoms with E-state index < -0.39 is 11.6 Å². The van der Waals surface area contributed by atoms with Crippen LogP contribution in [0.1, 0.15) is 5.56 Å². The van der Waals surface area contributed by atoms with E-state index in [4.69, 9.17) is 0 Å². The molecule has 0 fully saturated rings. The number of anilines is 1. The molecule has 1 N–H and O–H groups in total. The number of benzene rings is 2. The Morgan fingerprint density at radius 1 is 0.889 bits per heavy atom. The van der Waals surface area contributed by atoms with Crippen molar-refractivity contribution < 1.29 is 13.2 Å². The van der Waals surface area contributed by atoms with Gasteiger partial charge in [-0.25, -0.2) is 13.2 Å². The summed E-state index contributed by atoms with van der Waals surface area (Å²) in [6.45, 7) is 0.329. The highest BCUT2D eigenvalue weighted by Crippen LogP contribution is 2.18. The molecule has 2 aromatic carbocycles. The van der Waals surface area contributed by atoms with E-state index in [9.17, 15) is 13.2 Å². The maximum absolute atomic E-state index is 13.2. The molecule has 0 amide bonds. The molecule has 0 atom stereocenters. The van der Waals surface area contributed by atoms with Crippen LogP contribution in [0.5, 0.6) is 0 Å². The maximum Gasteiger partial charge on any atom is 0.160 e. The Hall–Kier alpha value is -1.49. The molecule has 2 rings (SSSR count). The van der Waals surface area contributed by atoms with E-state index in [0.29, 0.717) is 22.3 Å². The maximum atomic E-state index is 13.2. The van der Waals surface area contributed by atoms with E-state index in [1.165, 1.54) is 12.1 Å². The molecule has 0 saturated carbocycles. The highest BCUT2D eigenvalue weighted by Gasteiger charge is 2.03. The third-order valence-corrected chi connectivity index (χ3v) is 3.04. The normalized spacial score (nSPS) is 10.4. The summed E-state index contributed by atoms with van der Waals surface area (Å²) in [5.74, 6) is -2.17. The van der Waals surface area contributed by atoms with Crippen molar-refractivity contribution in [3.8, 4) is 0 Å². The van der Waals surface area contributed by atoms with Gasteiger partial charge in [0, 0.05) is 18.3 Å². The predicted molar refractivity (Wildman–Crippen MR) is 67.8 cm³/mol. The summed E-state index contributed by atoms with van der Waals surface area (Å²) in [6, 6.07) is 8.23. The second-order valence-electron chi connectivity index (χ2n) is 3.73. The first kappa shape index (κ1) is 13.0. The van der Waals surface area contributed by atoms with E-state index in [1.807, 2.05) is 0 Å². The van der Waals surface area contributed by atoms with E-state index in [1.54, 1.807) is 12.1 Å². The molecule has 0 aromatic heterocycles. The Balaban J connectivity index is 2.06. The van der Waals surface area contributed by atoms with Gasteiger partial charge in [0.25, 0.3) is 0 Å². The number of hydrogen-bond acceptors (Lipinski definition) is 1. The Morgan fingerprint density at radius 3 is 2.33 bits per heavy atom. The third-order valence-electron chi connectivity index (χ3n) is 2.40. The fourth-order valence-electron chi connectivity index (χ4n) is 1.46. The van der Waals surface area contributed by atoms with Crippen LogP contribution in [0.15, 0.2) is 40.9 Å². The Bertz CT molecular complexity index is 521. The molecule has 0 saturated heterocycles. The van der Waals surface area contributed by atoms with Gasteiger partial charge in [-0.3, -0.25) is 0 Å². The van der Waals surface area contributed by atoms with Crippen LogP contribution in [0.2, 0.25) is 0 Å². The Labute approximate surface area is 111 Å². The van der Waals surface area contributed by atoms with Crippen LogP contribution in [-0.4, -0.2) is 0 Å². The number of rotatable bonds is 3. The van der Waals surface area contributed by atoms with Gasteiger partial charge < -0.3 is 5.32 Å². The van der Waals surface area contributed by atoms with Gasteiger partial charge in [0.05, 0.1) is 4.47 Å². The number of halogens is 4. The highest BCUT2D eigenvalue weighted by atomic mass is 79.9. The molecule has 0 aliphatic carbocycles. The lowest BCUT2D eigenvalue weighted by Gasteiger charge is -2.07. The molecule has 94 valence electrons. The zero-order valence-electron chi connectivity index (χ0n) is 9.18. The minimum Gasteiger partial charge on any atom is -0.381 e. The minimum atomic E-state index is -0.915. The molecule has 0 radical (unpaired) electrons. The summed E-state index contributed by atoms with van der Waals surface area (Å²) in [7, 11) is 0. The highest BCUT2D eigenvalue weighted by molar-refractivity contribution is 9.10. The molecule has 0 aliphatic rings. The van der Waals surface area contributed by atoms with Gasteiger partial charge in [0.15, 0.2) is 11.6 Å². The van der Waals surface area contributed by atoms with Gasteiger partial charge in [-0.15, -0.1) is 0 Å². The lowest BCUT2D eigenvalue weighted by atomic mass is 10.2. The van der Waals surface area contributed by atoms with Gasteiger partial charge in [-0.2, -0.15) is 0 Å². The van der Waals surface area contributed by atoms with E-state index >= 15 is 0 Å². The van der Waals surface area contributed by atoms with Gasteiger partial charge >= 0.3 is 0 Å². The average molecular weight is 316 g/mol. The minimum absolute atomic E-state index is 0.329. The number of nitrogens with one attached hydrogen (secondary N) is 1. The first-order chi connectivity index (χ1) is 8.56. The molecule has 5 heteroatoms. The van der Waals surface area contributed by atoms with E-state index in [0.717, 1.165) is 12.1 Å². The van der Waals surface area contributed by atoms with Crippen molar-refractivity contribution in [1.29, 1.82) is 0 Å². The van der Waals surface area contributed by atoms with Crippen LogP contribution in [0.25, 0.3) is 0 Å². The van der Waals surface area contributed by atoms with Crippen LogP contribution < -0.4 is 5.32 Å². The lowest BCUT2D eigenvalue weighted by Crippen LogP contribution is -2.00. The summed E-state index contributed by atoms with van der Waals surface area (Å²) in [5.41, 5.74) is 1.15. The molecule has 0 heterocycles. The molecule has 0 unspecified atom stereocenters. The second-order valence-corrected chi connectivity index (χ2v) is 4.59. The van der Waals surface area contributed by atoms with Crippen LogP contribution in [-0.2, 0) is 6.54 Å². The molecule has 1 nitrogen and oxygen atoms in total. The van der Waals surface area contributed by atoms with Gasteiger partial charge in [-0.1, -0.05) is 6.07 Å². The molecular weight excluding hydrogens is 307 g/mol. The summed E-state index contributed by atoms with van der Waals surface area (Å²) < 4.78 is 39.3. The Kier molecular flexibility index (Phi) is 3.91. The van der Waals surface area contributed by atoms with E-state index in [2.05, 4.69) is 21.2 Å². The van der Waals surface area contributed by atoms with Crippen molar-refractivity contribution in [1.82, 2.24) is 0 Å². The van der Waals surface area contributed by atoms with Gasteiger partial charge in [0.2, 0.25) is 0 Å². The zero-order chi connectivity index (χ0) is 13.1. The van der Waals surface area contributed by atoms with Crippen LogP contribution in [0.4, 0.5) is 18.9 Å². The molecule has 0 spiro atoms. The summed E-state index contributed by atoms with van der Waals surface area (Å²) in [6.07, 6.45) is 0. The standard InChI is InChI=1S/C13H9BrF3N/c14-10-3-1-8(5-12(10)16)7-18-9-2-4-11(15)13(17)6-9/h1-6,18H,7H2. The average Bonchev–Trinajstić information content (AvgIpc) is 2.35. The lowest BCUT2D eigenvalue weighted by molar-refractivity contribution is 0.509. The van der Waals surface area contributed by atoms with Crippen molar-refractivity contribution in [3.05, 3.63) is 63.9 Å². The third kappa shape index (κ3) is 3.04. The first-order valence-electron chi connectivity index (χ1n) is 5.19. The fourth-order valence-corrected chi connectivity index (χ4v) is 1.71. The zero-order valence-corrected chi connectivity index (χ0v) is 10.8. The first-order valence-corrected chi connectivity index (χ1v) is 5.98. The topological polar surface area (TPSA) is 12.0 Å². The summed E-state index contributed by atoms with van der Waals surface area (Å²) >= 11 is 3.06. The quantitative estimate of drug-likeness (QED) is 0.880. The van der Waals surface area contributed by atoms with Crippen LogP contribution >= 0.6 is 15.9 Å². The van der Waals surface area contributed by atoms with Crippen molar-refractivity contribution >= 4 is 21.6 Å². The van der Waals surface area contributed by atoms with Crippen LogP contribution in [0, 0.1) is 17.5 Å². The number of hydrogen-bond donors (Lipinski definition) is 1. The predicted octanol–water partition coefficient (Wildman–Crippen LogP) is 4.48. The van der Waals surface area contributed by atoms with Crippen molar-refractivity contribution in [2.75, 3.05) is 5.32 Å². The smallest absolute Gasteiger partial charge is 0.160 e. The van der Waals surface area contributed by atoms with Crippen molar-refractivity contribution in [3.63, 3.8) is 0 Å². The molecule has 0 aliphatic heterocycles. The largest absolute Gasteiger partial charge is 0.381 e. The van der Waals surface area contributed by atoms with Gasteiger partial charge in [-0.05, 0) is 45.8 Å². The van der Waals surface area contributed by atoms with E-state index in [-0.39, 0.29) is 5.82 Å². The monoisotopic (exact) mass is 315 g/mol. The van der Waals surface area contributed by atoms with Crippen molar-refractivity contribution in [2.45, 2.75) is 6.54 Å². The molecule has 2 aromatic rings. The molecule has 0 bridgehead atoms. The Morgan fingerprint density at radius 2 is 1.67 bits per heavy atom. The molecule has 18 heavy (non-hydrogen) atoms. The van der Waals surface area contributed by atoms with Crippen LogP contribution in [0.3, 0.4) is 0 Å². The van der Waals surface area contributed by atoms with Gasteiger partial charge in [0.1, 0.15) is 5.82 Å². The second kappa shape index (κ2) is 5.44. The van der Waals surface area contributed by atoms with Crippen molar-refractivity contribution in [2.24, 2.45) is 0 Å².